The van der Waals surface area contributed by atoms with E-state index in [1.807, 2.05) is 30.3 Å². The van der Waals surface area contributed by atoms with Gasteiger partial charge in [-0.3, -0.25) is 0 Å². The molecule has 2 heterocycles. The molecule has 16 heavy (non-hydrogen) atoms. The van der Waals surface area contributed by atoms with Gasteiger partial charge in [-0.2, -0.15) is 0 Å². The summed E-state index contributed by atoms with van der Waals surface area (Å²) in [4.78, 5) is 4.47. The molecule has 3 nitrogen and oxygen atoms in total. The Hall–Kier alpha value is -1.87. The highest BCUT2D eigenvalue weighted by Gasteiger charge is 2.04. The van der Waals surface area contributed by atoms with E-state index in [4.69, 9.17) is 16.1 Å². The third-order valence-corrected chi connectivity index (χ3v) is 2.59. The molecule has 0 saturated heterocycles. The minimum Gasteiger partial charge on any atom is -0.364 e. The molecule has 0 bridgehead atoms. The second-order valence-electron chi connectivity index (χ2n) is 3.42. The van der Waals surface area contributed by atoms with Crippen molar-refractivity contribution in [2.75, 3.05) is 0 Å². The van der Waals surface area contributed by atoms with Gasteiger partial charge in [-0.25, -0.2) is 4.98 Å². The number of rotatable bonds is 1. The average Bonchev–Trinajstić information content (AvgIpc) is 2.81. The first-order chi connectivity index (χ1) is 7.83. The number of halogens is 1. The zero-order valence-electron chi connectivity index (χ0n) is 8.22. The lowest BCUT2D eigenvalue weighted by Crippen LogP contribution is -1.84. The summed E-state index contributed by atoms with van der Waals surface area (Å²) in [5, 5.41) is 5.58. The number of fused-ring (bicyclic) bond motifs is 1. The van der Waals surface area contributed by atoms with Crippen LogP contribution >= 0.6 is 11.6 Å². The van der Waals surface area contributed by atoms with Gasteiger partial charge >= 0.3 is 0 Å². The number of hydrogen-bond donors (Lipinski definition) is 0. The third kappa shape index (κ3) is 1.55. The fraction of sp³-hybridized carbons (Fsp3) is 0. The van der Waals surface area contributed by atoms with Crippen molar-refractivity contribution in [2.24, 2.45) is 0 Å². The molecule has 3 rings (SSSR count). The zero-order valence-corrected chi connectivity index (χ0v) is 8.98. The predicted molar refractivity (Wildman–Crippen MR) is 62.3 cm³/mol. The second-order valence-corrected chi connectivity index (χ2v) is 3.85. The maximum absolute atomic E-state index is 5.92. The molecule has 4 heteroatoms. The Kier molecular flexibility index (Phi) is 2.11. The Morgan fingerprint density at radius 2 is 1.88 bits per heavy atom. The molecule has 0 saturated carbocycles. The van der Waals surface area contributed by atoms with Crippen LogP contribution in [0.25, 0.3) is 22.3 Å². The van der Waals surface area contributed by atoms with Crippen molar-refractivity contribution in [2.45, 2.75) is 0 Å². The lowest BCUT2D eigenvalue weighted by molar-refractivity contribution is 0.422. The molecule has 0 spiro atoms. The Balaban J connectivity index is 2.22. The minimum atomic E-state index is 0.678. The molecular weight excluding hydrogens is 224 g/mol. The SMILES string of the molecule is Clc1ccc2ccc(-c3ccon3)nc2c1. The number of aromatic nitrogens is 2. The van der Waals surface area contributed by atoms with Crippen molar-refractivity contribution in [3.05, 3.63) is 47.7 Å². The molecular formula is C12H7ClN2O. The highest BCUT2D eigenvalue weighted by molar-refractivity contribution is 6.31. The quantitative estimate of drug-likeness (QED) is 0.642. The van der Waals surface area contributed by atoms with Crippen LogP contribution in [0.15, 0.2) is 47.2 Å². The Bertz CT molecular complexity index is 635. The second kappa shape index (κ2) is 3.61. The van der Waals surface area contributed by atoms with Crippen molar-refractivity contribution >= 4 is 22.5 Å². The maximum atomic E-state index is 5.92. The van der Waals surface area contributed by atoms with Crippen LogP contribution in [0.2, 0.25) is 5.02 Å². The van der Waals surface area contributed by atoms with E-state index in [1.165, 1.54) is 6.26 Å². The van der Waals surface area contributed by atoms with Gasteiger partial charge in [-0.1, -0.05) is 28.9 Å². The van der Waals surface area contributed by atoms with E-state index < -0.39 is 0 Å². The van der Waals surface area contributed by atoms with Gasteiger partial charge in [-0.15, -0.1) is 0 Å². The van der Waals surface area contributed by atoms with Crippen LogP contribution in [0.4, 0.5) is 0 Å². The number of nitrogens with zero attached hydrogens (tertiary/aromatic N) is 2. The van der Waals surface area contributed by atoms with E-state index in [1.54, 1.807) is 6.07 Å². The van der Waals surface area contributed by atoms with Crippen LogP contribution < -0.4 is 0 Å². The molecule has 0 radical (unpaired) electrons. The van der Waals surface area contributed by atoms with Gasteiger partial charge in [0.1, 0.15) is 12.0 Å². The Labute approximate surface area is 96.7 Å². The van der Waals surface area contributed by atoms with Crippen molar-refractivity contribution in [3.63, 3.8) is 0 Å². The van der Waals surface area contributed by atoms with Crippen molar-refractivity contribution in [1.82, 2.24) is 10.1 Å². The zero-order chi connectivity index (χ0) is 11.0. The molecule has 0 atom stereocenters. The number of benzene rings is 1. The fourth-order valence-corrected chi connectivity index (χ4v) is 1.74. The molecule has 1 aromatic carbocycles. The van der Waals surface area contributed by atoms with Gasteiger partial charge in [0.2, 0.25) is 0 Å². The monoisotopic (exact) mass is 230 g/mol. The van der Waals surface area contributed by atoms with E-state index in [9.17, 15) is 0 Å². The van der Waals surface area contributed by atoms with Gasteiger partial charge in [0.05, 0.1) is 11.2 Å². The van der Waals surface area contributed by atoms with Gasteiger partial charge < -0.3 is 4.52 Å². The molecule has 0 amide bonds. The maximum Gasteiger partial charge on any atom is 0.132 e. The highest BCUT2D eigenvalue weighted by Crippen LogP contribution is 2.21. The standard InChI is InChI=1S/C12H7ClN2O/c13-9-3-1-8-2-4-10(14-12(8)7-9)11-5-6-16-15-11/h1-7H. The summed E-state index contributed by atoms with van der Waals surface area (Å²) >= 11 is 5.92. The predicted octanol–water partition coefficient (Wildman–Crippen LogP) is 3.54. The van der Waals surface area contributed by atoms with E-state index >= 15 is 0 Å². The van der Waals surface area contributed by atoms with E-state index in [-0.39, 0.29) is 0 Å². The lowest BCUT2D eigenvalue weighted by atomic mass is 10.2. The summed E-state index contributed by atoms with van der Waals surface area (Å²) in [6.45, 7) is 0. The van der Waals surface area contributed by atoms with Crippen molar-refractivity contribution < 1.29 is 4.52 Å². The van der Waals surface area contributed by atoms with Crippen LogP contribution in [-0.4, -0.2) is 10.1 Å². The van der Waals surface area contributed by atoms with Crippen molar-refractivity contribution in [1.29, 1.82) is 0 Å². The van der Waals surface area contributed by atoms with Crippen LogP contribution in [-0.2, 0) is 0 Å². The molecule has 0 aliphatic rings. The lowest BCUT2D eigenvalue weighted by Gasteiger charge is -2.00. The Morgan fingerprint density at radius 1 is 1.00 bits per heavy atom. The Morgan fingerprint density at radius 3 is 2.69 bits per heavy atom. The van der Waals surface area contributed by atoms with Crippen LogP contribution in [0.1, 0.15) is 0 Å². The van der Waals surface area contributed by atoms with Crippen LogP contribution in [0.3, 0.4) is 0 Å². The van der Waals surface area contributed by atoms with Crippen LogP contribution in [0, 0.1) is 0 Å². The summed E-state index contributed by atoms with van der Waals surface area (Å²) in [5.74, 6) is 0. The van der Waals surface area contributed by atoms with E-state index in [0.29, 0.717) is 5.02 Å². The fourth-order valence-electron chi connectivity index (χ4n) is 1.58. The molecule has 3 aromatic rings. The summed E-state index contributed by atoms with van der Waals surface area (Å²) in [7, 11) is 0. The molecule has 0 unspecified atom stereocenters. The topological polar surface area (TPSA) is 38.9 Å². The van der Waals surface area contributed by atoms with E-state index in [0.717, 1.165) is 22.3 Å². The summed E-state index contributed by atoms with van der Waals surface area (Å²) in [6.07, 6.45) is 1.53. The molecule has 0 aliphatic heterocycles. The average molecular weight is 231 g/mol. The molecule has 0 fully saturated rings. The number of pyridine rings is 1. The van der Waals surface area contributed by atoms with Gasteiger partial charge in [-0.05, 0) is 18.2 Å². The minimum absolute atomic E-state index is 0.678. The molecule has 0 N–H and O–H groups in total. The normalized spacial score (nSPS) is 10.8. The highest BCUT2D eigenvalue weighted by atomic mass is 35.5. The molecule has 78 valence electrons. The third-order valence-electron chi connectivity index (χ3n) is 2.35. The van der Waals surface area contributed by atoms with Gasteiger partial charge in [0.15, 0.2) is 0 Å². The largest absolute Gasteiger partial charge is 0.364 e. The summed E-state index contributed by atoms with van der Waals surface area (Å²) in [6, 6.07) is 11.3. The smallest absolute Gasteiger partial charge is 0.132 e. The molecule has 2 aromatic heterocycles. The van der Waals surface area contributed by atoms with Gasteiger partial charge in [0.25, 0.3) is 0 Å². The van der Waals surface area contributed by atoms with E-state index in [2.05, 4.69) is 10.1 Å². The van der Waals surface area contributed by atoms with Gasteiger partial charge in [0, 0.05) is 16.5 Å². The van der Waals surface area contributed by atoms with Crippen molar-refractivity contribution in [3.8, 4) is 11.4 Å². The first-order valence-corrected chi connectivity index (χ1v) is 5.18. The van der Waals surface area contributed by atoms with Crippen LogP contribution in [0.5, 0.6) is 0 Å². The summed E-state index contributed by atoms with van der Waals surface area (Å²) in [5.41, 5.74) is 2.36. The first-order valence-electron chi connectivity index (χ1n) is 4.80. The number of hydrogen-bond acceptors (Lipinski definition) is 3. The summed E-state index contributed by atoms with van der Waals surface area (Å²) < 4.78 is 4.79. The first kappa shape index (κ1) is 9.36. The molecule has 0 aliphatic carbocycles.